The predicted octanol–water partition coefficient (Wildman–Crippen LogP) is 10.4. The van der Waals surface area contributed by atoms with Crippen LogP contribution in [0.3, 0.4) is 0 Å². The Kier molecular flexibility index (Phi) is 21.2. The molecular weight excluding hydrogens is 1600 g/mol. The fourth-order valence-electron chi connectivity index (χ4n) is 9.07. The Morgan fingerprint density at radius 1 is 0.382 bits per heavy atom. The molecule has 50 heteroatoms. The van der Waals surface area contributed by atoms with Crippen molar-refractivity contribution >= 4 is 235 Å². The van der Waals surface area contributed by atoms with E-state index in [1.54, 1.807) is 0 Å². The molecule has 10 N–H and O–H groups in total. The van der Waals surface area contributed by atoms with Crippen LogP contribution in [0.2, 0.25) is 30.7 Å². The normalized spacial score (nSPS) is 15.6. The van der Waals surface area contributed by atoms with Crippen LogP contribution >= 0.6 is 69.6 Å². The van der Waals surface area contributed by atoms with E-state index in [2.05, 4.69) is 81.8 Å². The first kappa shape index (κ1) is 75.6. The molecule has 0 bridgehead atoms. The molecule has 2 aromatic heterocycles. The van der Waals surface area contributed by atoms with Gasteiger partial charge in [-0.1, -0.05) is 70.7 Å². The number of nitrogens with one attached hydrogen (secondary N) is 4. The minimum Gasteiger partial charge on any atom is -0.324 e. The van der Waals surface area contributed by atoms with Gasteiger partial charge in [-0.15, -0.1) is 0 Å². The highest BCUT2D eigenvalue weighted by Crippen LogP contribution is 2.40. The Labute approximate surface area is 603 Å². The number of carbonyl (C=O) groups is 2. The lowest BCUT2D eigenvalue weighted by atomic mass is 10.1. The van der Waals surface area contributed by atoms with Gasteiger partial charge in [0.05, 0.1) is 42.9 Å². The maximum atomic E-state index is 13.5. The van der Waals surface area contributed by atoms with Crippen molar-refractivity contribution in [1.29, 1.82) is 0 Å². The van der Waals surface area contributed by atoms with Crippen molar-refractivity contribution in [2.45, 2.75) is 55.3 Å². The van der Waals surface area contributed by atoms with Crippen LogP contribution in [0.1, 0.15) is 25.0 Å². The molecule has 0 saturated heterocycles. The Bertz CT molecular complexity index is 5480. The van der Waals surface area contributed by atoms with E-state index < -0.39 is 146 Å². The minimum absolute atomic E-state index is 0.0291. The van der Waals surface area contributed by atoms with Gasteiger partial charge in [-0.3, -0.25) is 36.9 Å². The molecule has 0 fully saturated rings. The zero-order valence-electron chi connectivity index (χ0n) is 49.9. The SMILES string of the molecule is CC1=NN(c2cc(Cl)c(S(=O)(=O)O)cc2Cl)C(=O)C1N=Nc1cc(Nc2nc(Cl)nc(Nc3ccc(C=Cc4ccc(Nc5nc(Cl)nc(Nc6ccc(S(=O)(=O)O)c(N=NC7C(=O)N(c8cc(Cl)c(S(=O)(=O)O)cc8Cl)N=C7C)c6)n5)cc4S(=O)(=O)O)c(S(=O)(=O)O)c3)n2)ccc1S(=O)(=O)O. The van der Waals surface area contributed by atoms with Crippen LogP contribution in [0.5, 0.6) is 0 Å². The largest absolute Gasteiger partial charge is 0.324 e. The molecule has 532 valence electrons. The number of hydrazone groups is 2. The van der Waals surface area contributed by atoms with E-state index in [0.717, 1.165) is 97.1 Å². The lowest BCUT2D eigenvalue weighted by Gasteiger charge is -2.15. The summed E-state index contributed by atoms with van der Waals surface area (Å²) in [4.78, 5) is 46.6. The van der Waals surface area contributed by atoms with Crippen molar-refractivity contribution in [2.24, 2.45) is 30.7 Å². The fraction of sp³-hybridized carbons (Fsp3) is 0.0769. The van der Waals surface area contributed by atoms with E-state index >= 15 is 0 Å². The van der Waals surface area contributed by atoms with Crippen LogP contribution in [0.4, 0.5) is 69.3 Å². The summed E-state index contributed by atoms with van der Waals surface area (Å²) in [5, 5.41) is 33.2. The van der Waals surface area contributed by atoms with Crippen LogP contribution in [-0.4, -0.2) is 143 Å². The van der Waals surface area contributed by atoms with Crippen molar-refractivity contribution in [3.8, 4) is 0 Å². The van der Waals surface area contributed by atoms with Crippen LogP contribution in [0.25, 0.3) is 12.2 Å². The summed E-state index contributed by atoms with van der Waals surface area (Å²) < 4.78 is 208. The lowest BCUT2D eigenvalue weighted by Crippen LogP contribution is -2.30. The first-order chi connectivity index (χ1) is 47.4. The van der Waals surface area contributed by atoms with Crippen molar-refractivity contribution in [3.63, 3.8) is 0 Å². The van der Waals surface area contributed by atoms with E-state index in [1.807, 2.05) is 0 Å². The third kappa shape index (κ3) is 17.4. The molecule has 2 amide bonds. The van der Waals surface area contributed by atoms with E-state index in [9.17, 15) is 87.4 Å². The van der Waals surface area contributed by atoms with Crippen LogP contribution < -0.4 is 31.3 Å². The van der Waals surface area contributed by atoms with Gasteiger partial charge in [0.25, 0.3) is 72.5 Å². The van der Waals surface area contributed by atoms with Crippen molar-refractivity contribution in [2.75, 3.05) is 31.3 Å². The summed E-state index contributed by atoms with van der Waals surface area (Å²) in [7, 11) is -30.0. The smallest absolute Gasteiger partial charge is 0.296 e. The highest BCUT2D eigenvalue weighted by atomic mass is 35.5. The summed E-state index contributed by atoms with van der Waals surface area (Å²) in [5.41, 5.74) is -2.49. The first-order valence-corrected chi connectivity index (χ1v) is 37.9. The number of azo groups is 2. The minimum atomic E-state index is -5.13. The summed E-state index contributed by atoms with van der Waals surface area (Å²) in [6.07, 6.45) is 2.13. The number of anilines is 10. The summed E-state index contributed by atoms with van der Waals surface area (Å²) >= 11 is 36.9. The second kappa shape index (κ2) is 28.7. The molecule has 0 aliphatic carbocycles. The number of rotatable bonds is 22. The number of amides is 2. The zero-order chi connectivity index (χ0) is 74.7. The number of halogens is 6. The van der Waals surface area contributed by atoms with Crippen molar-refractivity contribution in [1.82, 2.24) is 29.9 Å². The van der Waals surface area contributed by atoms with E-state index in [-0.39, 0.29) is 90.5 Å². The molecule has 6 aromatic carbocycles. The summed E-state index contributed by atoms with van der Waals surface area (Å²) in [5.74, 6) is -3.33. The summed E-state index contributed by atoms with van der Waals surface area (Å²) in [6.45, 7) is 2.67. The van der Waals surface area contributed by atoms with Gasteiger partial charge in [0.1, 0.15) is 40.7 Å². The second-order valence-corrected chi connectivity index (χ2v) is 31.2. The topological polar surface area (TPSA) is 566 Å². The average molecular weight is 1640 g/mol. The van der Waals surface area contributed by atoms with Gasteiger partial charge >= 0.3 is 0 Å². The Balaban J connectivity index is 0.838. The van der Waals surface area contributed by atoms with Gasteiger partial charge in [0.2, 0.25) is 34.4 Å². The highest BCUT2D eigenvalue weighted by molar-refractivity contribution is 7.87. The molecule has 2 unspecified atom stereocenters. The number of nitrogens with zero attached hydrogens (tertiary/aromatic N) is 14. The second-order valence-electron chi connectivity index (χ2n) is 20.5. The molecule has 2 aliphatic heterocycles. The van der Waals surface area contributed by atoms with E-state index in [0.29, 0.717) is 10.0 Å². The third-order valence-electron chi connectivity index (χ3n) is 13.5. The standard InChI is InChI=1S/C52H36Cl6N18O20S6/c1-21-43(45(77)75(73-21)35-17-31(55)41(19-29(35)53)101(91,92)93)71-69-33-13-25(9-11-37(33)97(79,80)81)59-49-63-47(57)65-51(67-49)61-27-7-5-23(39(15-27)99(85,86)87)3-4-24-6-8-28(16-40(24)100(88,89)90)62-52-66-48(58)64-50(68-52)60-26-10-12-38(98(82,83)84)34(14-26)70-72-44-22(2)74-76(46(44)78)36-18-32(56)42(20-30(36)54)102(94,95)96/h3-20,43-44H,1-2H3,(H,79,80,81)(H,82,83,84)(H,85,86,87)(H,88,89,90)(H,91,92,93)(H,94,95,96)(H2,59,61,63,65,67)(H2,60,62,64,66,68). The highest BCUT2D eigenvalue weighted by Gasteiger charge is 2.39. The van der Waals surface area contributed by atoms with Gasteiger partial charge in [0.15, 0.2) is 12.1 Å². The number of benzene rings is 6. The molecule has 10 rings (SSSR count). The molecule has 38 nitrogen and oxygen atoms in total. The third-order valence-corrected chi connectivity index (χ3v) is 20.7. The van der Waals surface area contributed by atoms with Gasteiger partial charge in [-0.05, 0) is 133 Å². The van der Waals surface area contributed by atoms with Gasteiger partial charge in [-0.25, -0.2) is 0 Å². The van der Waals surface area contributed by atoms with Gasteiger partial charge in [0, 0.05) is 22.7 Å². The Morgan fingerprint density at radius 3 is 0.980 bits per heavy atom. The van der Waals surface area contributed by atoms with E-state index in [4.69, 9.17) is 69.6 Å². The van der Waals surface area contributed by atoms with E-state index in [1.165, 1.54) is 26.0 Å². The molecular formula is C52H36Cl6N18O20S6. The Hall–Kier alpha value is -9.04. The fourth-order valence-corrected chi connectivity index (χ4v) is 14.7. The van der Waals surface area contributed by atoms with Crippen molar-refractivity contribution < 1.29 is 87.4 Å². The number of hydrogen-bond donors (Lipinski definition) is 10. The maximum Gasteiger partial charge on any atom is 0.296 e. The van der Waals surface area contributed by atoms with Gasteiger partial charge < -0.3 is 21.3 Å². The molecule has 2 atom stereocenters. The number of carbonyl (C=O) groups excluding carboxylic acids is 2. The summed E-state index contributed by atoms with van der Waals surface area (Å²) in [6, 6.07) is 13.1. The number of aromatic nitrogens is 6. The molecule has 0 spiro atoms. The molecule has 2 aliphatic rings. The zero-order valence-corrected chi connectivity index (χ0v) is 59.4. The Morgan fingerprint density at radius 2 is 0.676 bits per heavy atom. The molecule has 8 aromatic rings. The van der Waals surface area contributed by atoms with Crippen LogP contribution in [0, 0.1) is 0 Å². The maximum absolute atomic E-state index is 13.5. The molecule has 0 radical (unpaired) electrons. The van der Waals surface area contributed by atoms with Crippen LogP contribution in [-0.2, 0) is 70.3 Å². The average Bonchev–Trinajstić information content (AvgIpc) is 1.58. The molecule has 102 heavy (non-hydrogen) atoms. The first-order valence-electron chi connectivity index (χ1n) is 27.0. The number of hydrogen-bond acceptors (Lipinski definition) is 30. The molecule has 4 heterocycles. The van der Waals surface area contributed by atoms with Crippen molar-refractivity contribution in [3.05, 3.63) is 139 Å². The monoisotopic (exact) mass is 1630 g/mol. The molecule has 0 saturated carbocycles. The quantitative estimate of drug-likeness (QED) is 0.0171. The predicted molar refractivity (Wildman–Crippen MR) is 367 cm³/mol. The van der Waals surface area contributed by atoms with Crippen LogP contribution in [0.15, 0.2) is 157 Å². The van der Waals surface area contributed by atoms with Gasteiger partial charge in [-0.2, -0.15) is 121 Å². The lowest BCUT2D eigenvalue weighted by molar-refractivity contribution is -0.118.